The van der Waals surface area contributed by atoms with Gasteiger partial charge in [-0.25, -0.2) is 9.18 Å². The Hall–Kier alpha value is -2.79. The summed E-state index contributed by atoms with van der Waals surface area (Å²) in [5, 5.41) is 3.52. The molecular formula is C23H25ClFN3O. The van der Waals surface area contributed by atoms with Crippen molar-refractivity contribution in [2.24, 2.45) is 0 Å². The van der Waals surface area contributed by atoms with Crippen LogP contribution in [0.2, 0.25) is 5.02 Å². The third kappa shape index (κ3) is 5.39. The van der Waals surface area contributed by atoms with E-state index in [1.54, 1.807) is 17.0 Å². The average Bonchev–Trinajstić information content (AvgIpc) is 3.14. The van der Waals surface area contributed by atoms with E-state index < -0.39 is 0 Å². The van der Waals surface area contributed by atoms with Gasteiger partial charge in [-0.1, -0.05) is 42.8 Å². The molecule has 6 heteroatoms. The van der Waals surface area contributed by atoms with Gasteiger partial charge < -0.3 is 14.8 Å². The zero-order chi connectivity index (χ0) is 20.8. The molecule has 3 rings (SSSR count). The molecule has 1 N–H and O–H groups in total. The summed E-state index contributed by atoms with van der Waals surface area (Å²) in [5.41, 5.74) is 2.46. The fraction of sp³-hybridized carbons (Fsp3) is 0.261. The van der Waals surface area contributed by atoms with E-state index in [0.29, 0.717) is 18.8 Å². The van der Waals surface area contributed by atoms with Gasteiger partial charge in [0.25, 0.3) is 0 Å². The largest absolute Gasteiger partial charge is 0.345 e. The Morgan fingerprint density at radius 2 is 1.97 bits per heavy atom. The average molecular weight is 414 g/mol. The molecule has 0 spiro atoms. The summed E-state index contributed by atoms with van der Waals surface area (Å²) in [6.07, 6.45) is 2.79. The van der Waals surface area contributed by atoms with Gasteiger partial charge in [0.2, 0.25) is 0 Å². The molecule has 1 heterocycles. The molecule has 0 radical (unpaired) electrons. The predicted molar refractivity (Wildman–Crippen MR) is 116 cm³/mol. The Morgan fingerprint density at radius 1 is 1.17 bits per heavy atom. The van der Waals surface area contributed by atoms with Crippen LogP contribution in [-0.4, -0.2) is 21.5 Å². The third-order valence-electron chi connectivity index (χ3n) is 5.01. The number of nitrogens with zero attached hydrogens (tertiary/aromatic N) is 2. The number of hydrogen-bond acceptors (Lipinski definition) is 1. The van der Waals surface area contributed by atoms with Crippen LogP contribution < -0.4 is 5.32 Å². The highest BCUT2D eigenvalue weighted by Gasteiger charge is 2.21. The fourth-order valence-corrected chi connectivity index (χ4v) is 3.34. The highest BCUT2D eigenvalue weighted by molar-refractivity contribution is 6.31. The lowest BCUT2D eigenvalue weighted by atomic mass is 10.2. The molecule has 0 saturated heterocycles. The number of aromatic nitrogens is 1. The maximum absolute atomic E-state index is 13.5. The molecule has 1 aromatic heterocycles. The number of hydrogen-bond donors (Lipinski definition) is 1. The van der Waals surface area contributed by atoms with E-state index in [9.17, 15) is 9.18 Å². The molecule has 0 aliphatic carbocycles. The molecule has 29 heavy (non-hydrogen) atoms. The first-order valence-electron chi connectivity index (χ1n) is 9.68. The Morgan fingerprint density at radius 3 is 2.69 bits per heavy atom. The van der Waals surface area contributed by atoms with Crippen LogP contribution in [0.15, 0.2) is 66.9 Å². The molecular weight excluding hydrogens is 389 g/mol. The number of carbonyl (C=O) groups excluding carboxylic acids is 1. The van der Waals surface area contributed by atoms with Crippen LogP contribution in [0, 0.1) is 5.82 Å². The number of amides is 2. The van der Waals surface area contributed by atoms with Crippen molar-refractivity contribution in [1.82, 2.24) is 9.47 Å². The third-order valence-corrected chi connectivity index (χ3v) is 5.38. The van der Waals surface area contributed by atoms with E-state index in [0.717, 1.165) is 22.7 Å². The second-order valence-corrected chi connectivity index (χ2v) is 7.45. The summed E-state index contributed by atoms with van der Waals surface area (Å²) in [6.45, 7) is 5.11. The molecule has 2 amide bonds. The molecule has 0 fully saturated rings. The van der Waals surface area contributed by atoms with Gasteiger partial charge in [0.05, 0.1) is 6.54 Å². The van der Waals surface area contributed by atoms with Gasteiger partial charge in [-0.3, -0.25) is 0 Å². The highest BCUT2D eigenvalue weighted by atomic mass is 35.5. The second-order valence-electron chi connectivity index (χ2n) is 7.04. The molecule has 0 aliphatic heterocycles. The van der Waals surface area contributed by atoms with Crippen molar-refractivity contribution in [3.05, 3.63) is 89.0 Å². The summed E-state index contributed by atoms with van der Waals surface area (Å²) in [6, 6.07) is 17.4. The Kier molecular flexibility index (Phi) is 6.94. The lowest BCUT2D eigenvalue weighted by Crippen LogP contribution is -2.41. The van der Waals surface area contributed by atoms with Crippen molar-refractivity contribution in [1.29, 1.82) is 0 Å². The number of rotatable bonds is 7. The number of anilines is 1. The van der Waals surface area contributed by atoms with Crippen molar-refractivity contribution in [2.45, 2.75) is 39.4 Å². The van der Waals surface area contributed by atoms with Crippen molar-refractivity contribution in [3.63, 3.8) is 0 Å². The van der Waals surface area contributed by atoms with Crippen LogP contribution >= 0.6 is 11.6 Å². The minimum atomic E-state index is -0.383. The Labute approximate surface area is 175 Å². The first-order chi connectivity index (χ1) is 14.0. The van der Waals surface area contributed by atoms with E-state index in [1.807, 2.05) is 56.4 Å². The molecule has 0 aliphatic rings. The number of benzene rings is 2. The highest BCUT2D eigenvalue weighted by Crippen LogP contribution is 2.20. The summed E-state index contributed by atoms with van der Waals surface area (Å²) in [5.74, 6) is -0.383. The van der Waals surface area contributed by atoms with Crippen LogP contribution in [0.5, 0.6) is 0 Å². The second kappa shape index (κ2) is 9.61. The number of nitrogens with one attached hydrogen (secondary N) is 1. The molecule has 3 aromatic rings. The van der Waals surface area contributed by atoms with Gasteiger partial charge in [-0.2, -0.15) is 0 Å². The smallest absolute Gasteiger partial charge is 0.322 e. The van der Waals surface area contributed by atoms with E-state index in [-0.39, 0.29) is 17.9 Å². The maximum Gasteiger partial charge on any atom is 0.322 e. The van der Waals surface area contributed by atoms with Crippen LogP contribution in [-0.2, 0) is 13.1 Å². The molecule has 1 atom stereocenters. The van der Waals surface area contributed by atoms with E-state index in [4.69, 9.17) is 11.6 Å². The van der Waals surface area contributed by atoms with Crippen molar-refractivity contribution in [3.8, 4) is 0 Å². The zero-order valence-electron chi connectivity index (χ0n) is 16.6. The van der Waals surface area contributed by atoms with Crippen LogP contribution in [0.1, 0.15) is 31.5 Å². The lowest BCUT2D eigenvalue weighted by molar-refractivity contribution is 0.185. The lowest BCUT2D eigenvalue weighted by Gasteiger charge is -2.29. The SMILES string of the molecule is CC[C@H](C)N(Cc1cccn1Cc1ccccc1Cl)C(=O)Nc1cccc(F)c1. The van der Waals surface area contributed by atoms with Gasteiger partial charge >= 0.3 is 6.03 Å². The minimum Gasteiger partial charge on any atom is -0.345 e. The first-order valence-corrected chi connectivity index (χ1v) is 10.1. The van der Waals surface area contributed by atoms with E-state index in [2.05, 4.69) is 9.88 Å². The van der Waals surface area contributed by atoms with Gasteiger partial charge in [0, 0.05) is 35.2 Å². The van der Waals surface area contributed by atoms with Gasteiger partial charge in [0.1, 0.15) is 5.82 Å². The summed E-state index contributed by atoms with van der Waals surface area (Å²) < 4.78 is 15.6. The van der Waals surface area contributed by atoms with Crippen molar-refractivity contribution < 1.29 is 9.18 Å². The van der Waals surface area contributed by atoms with Crippen molar-refractivity contribution >= 4 is 23.3 Å². The van der Waals surface area contributed by atoms with E-state index in [1.165, 1.54) is 12.1 Å². The van der Waals surface area contributed by atoms with Crippen LogP contribution in [0.25, 0.3) is 0 Å². The normalized spacial score (nSPS) is 11.9. The summed E-state index contributed by atoms with van der Waals surface area (Å²) in [7, 11) is 0. The van der Waals surface area contributed by atoms with Gasteiger partial charge in [-0.15, -0.1) is 0 Å². The summed E-state index contributed by atoms with van der Waals surface area (Å²) >= 11 is 6.31. The monoisotopic (exact) mass is 413 g/mol. The molecule has 152 valence electrons. The van der Waals surface area contributed by atoms with Crippen LogP contribution in [0.4, 0.5) is 14.9 Å². The predicted octanol–water partition coefficient (Wildman–Crippen LogP) is 6.16. The van der Waals surface area contributed by atoms with Gasteiger partial charge in [0.15, 0.2) is 0 Å². The topological polar surface area (TPSA) is 37.3 Å². The quantitative estimate of drug-likeness (QED) is 0.494. The standard InChI is InChI=1S/C23H25ClFN3O/c1-3-17(2)28(23(29)26-20-10-6-9-19(25)14-20)16-21-11-7-13-27(21)15-18-8-4-5-12-22(18)24/h4-14,17H,3,15-16H2,1-2H3,(H,26,29)/t17-/m0/s1. The number of halogens is 2. The van der Waals surface area contributed by atoms with Crippen molar-refractivity contribution in [2.75, 3.05) is 5.32 Å². The summed E-state index contributed by atoms with van der Waals surface area (Å²) in [4.78, 5) is 14.7. The Bertz CT molecular complexity index is 972. The minimum absolute atomic E-state index is 0.0206. The molecule has 0 unspecified atom stereocenters. The fourth-order valence-electron chi connectivity index (χ4n) is 3.14. The number of carbonyl (C=O) groups is 1. The molecule has 2 aromatic carbocycles. The molecule has 0 saturated carbocycles. The number of urea groups is 1. The molecule has 4 nitrogen and oxygen atoms in total. The maximum atomic E-state index is 13.5. The zero-order valence-corrected chi connectivity index (χ0v) is 17.4. The Balaban J connectivity index is 1.78. The van der Waals surface area contributed by atoms with Gasteiger partial charge in [-0.05, 0) is 55.3 Å². The first kappa shape index (κ1) is 20.9. The molecule has 0 bridgehead atoms. The van der Waals surface area contributed by atoms with E-state index >= 15 is 0 Å². The van der Waals surface area contributed by atoms with Crippen LogP contribution in [0.3, 0.4) is 0 Å².